The zero-order chi connectivity index (χ0) is 9.42. The molecule has 1 aromatic carbocycles. The zero-order valence-electron chi connectivity index (χ0n) is 7.12. The topological polar surface area (TPSA) is 26.9 Å². The Balaban J connectivity index is 2.89. The van der Waals surface area contributed by atoms with Gasteiger partial charge in [0.1, 0.15) is 5.82 Å². The van der Waals surface area contributed by atoms with Gasteiger partial charge in [0, 0.05) is 13.0 Å². The summed E-state index contributed by atoms with van der Waals surface area (Å²) in [4.78, 5) is 0. The first kappa shape index (κ1) is 7.98. The minimum Gasteiger partial charge on any atom is -0.618 e. The SMILES string of the molecule is Cc1c2cc(F)ccc2cc[n+]1[O-]. The summed E-state index contributed by atoms with van der Waals surface area (Å²) in [6.07, 6.45) is 1.43. The zero-order valence-corrected chi connectivity index (χ0v) is 7.12. The van der Waals surface area contributed by atoms with Crippen molar-refractivity contribution in [2.24, 2.45) is 0 Å². The van der Waals surface area contributed by atoms with Crippen LogP contribution in [-0.2, 0) is 0 Å². The molecule has 0 saturated heterocycles. The van der Waals surface area contributed by atoms with Crippen LogP contribution in [0.2, 0.25) is 0 Å². The highest BCUT2D eigenvalue weighted by atomic mass is 19.1. The Morgan fingerprint density at radius 2 is 2.08 bits per heavy atom. The molecule has 0 unspecified atom stereocenters. The number of aromatic nitrogens is 1. The summed E-state index contributed by atoms with van der Waals surface area (Å²) in [6, 6.07) is 6.10. The molecule has 2 aromatic rings. The van der Waals surface area contributed by atoms with Crippen molar-refractivity contribution >= 4 is 10.8 Å². The van der Waals surface area contributed by atoms with Crippen LogP contribution in [-0.4, -0.2) is 0 Å². The summed E-state index contributed by atoms with van der Waals surface area (Å²) in [5, 5.41) is 12.7. The van der Waals surface area contributed by atoms with Crippen LogP contribution in [0.4, 0.5) is 4.39 Å². The minimum absolute atomic E-state index is 0.318. The molecule has 0 aliphatic rings. The van der Waals surface area contributed by atoms with Crippen LogP contribution in [0.5, 0.6) is 0 Å². The van der Waals surface area contributed by atoms with E-state index < -0.39 is 0 Å². The number of pyridine rings is 1. The van der Waals surface area contributed by atoms with E-state index in [1.807, 2.05) is 0 Å². The predicted molar refractivity (Wildman–Crippen MR) is 47.6 cm³/mol. The lowest BCUT2D eigenvalue weighted by molar-refractivity contribution is -0.610. The fourth-order valence-corrected chi connectivity index (χ4v) is 1.37. The molecular weight excluding hydrogens is 169 g/mol. The molecule has 0 bridgehead atoms. The first-order valence-electron chi connectivity index (χ1n) is 3.96. The predicted octanol–water partition coefficient (Wildman–Crippen LogP) is 1.92. The average Bonchev–Trinajstić information content (AvgIpc) is 2.12. The quantitative estimate of drug-likeness (QED) is 0.446. The van der Waals surface area contributed by atoms with Crippen molar-refractivity contribution in [2.45, 2.75) is 6.92 Å². The van der Waals surface area contributed by atoms with E-state index in [4.69, 9.17) is 0 Å². The lowest BCUT2D eigenvalue weighted by Crippen LogP contribution is -2.29. The van der Waals surface area contributed by atoms with Crippen LogP contribution >= 0.6 is 0 Å². The molecule has 0 fully saturated rings. The number of nitrogens with zero attached hydrogens (tertiary/aromatic N) is 1. The first-order valence-corrected chi connectivity index (χ1v) is 3.96. The van der Waals surface area contributed by atoms with Gasteiger partial charge in [0.25, 0.3) is 0 Å². The van der Waals surface area contributed by atoms with E-state index in [9.17, 15) is 9.60 Å². The lowest BCUT2D eigenvalue weighted by Gasteiger charge is -2.03. The van der Waals surface area contributed by atoms with Crippen molar-refractivity contribution < 1.29 is 9.12 Å². The summed E-state index contributed by atoms with van der Waals surface area (Å²) >= 11 is 0. The summed E-state index contributed by atoms with van der Waals surface area (Å²) in [5.74, 6) is -0.318. The van der Waals surface area contributed by atoms with Gasteiger partial charge in [-0.05, 0) is 17.5 Å². The second kappa shape index (κ2) is 2.69. The summed E-state index contributed by atoms with van der Waals surface area (Å²) in [5.41, 5.74) is 0.525. The number of hydrogen-bond donors (Lipinski definition) is 0. The molecule has 66 valence electrons. The molecule has 13 heavy (non-hydrogen) atoms. The van der Waals surface area contributed by atoms with Gasteiger partial charge in [0.15, 0.2) is 11.9 Å². The Labute approximate surface area is 74.8 Å². The van der Waals surface area contributed by atoms with Crippen LogP contribution in [0.3, 0.4) is 0 Å². The van der Waals surface area contributed by atoms with Crippen molar-refractivity contribution in [3.05, 3.63) is 47.2 Å². The van der Waals surface area contributed by atoms with Crippen LogP contribution in [0.25, 0.3) is 10.8 Å². The van der Waals surface area contributed by atoms with Crippen molar-refractivity contribution in [2.75, 3.05) is 0 Å². The van der Waals surface area contributed by atoms with Crippen LogP contribution in [0.1, 0.15) is 5.69 Å². The van der Waals surface area contributed by atoms with E-state index in [1.165, 1.54) is 18.3 Å². The van der Waals surface area contributed by atoms with E-state index in [-0.39, 0.29) is 5.82 Å². The summed E-state index contributed by atoms with van der Waals surface area (Å²) in [7, 11) is 0. The van der Waals surface area contributed by atoms with Gasteiger partial charge in [-0.1, -0.05) is 6.07 Å². The second-order valence-corrected chi connectivity index (χ2v) is 2.96. The van der Waals surface area contributed by atoms with Gasteiger partial charge in [0.2, 0.25) is 0 Å². The monoisotopic (exact) mass is 177 g/mol. The number of rotatable bonds is 0. The number of halogens is 1. The Morgan fingerprint density at radius 1 is 1.31 bits per heavy atom. The highest BCUT2D eigenvalue weighted by Gasteiger charge is 2.05. The maximum Gasteiger partial charge on any atom is 0.197 e. The van der Waals surface area contributed by atoms with Crippen molar-refractivity contribution in [1.82, 2.24) is 0 Å². The van der Waals surface area contributed by atoms with E-state index in [1.54, 1.807) is 19.1 Å². The second-order valence-electron chi connectivity index (χ2n) is 2.96. The van der Waals surface area contributed by atoms with E-state index in [2.05, 4.69) is 0 Å². The molecule has 0 radical (unpaired) electrons. The van der Waals surface area contributed by atoms with Gasteiger partial charge >= 0.3 is 0 Å². The van der Waals surface area contributed by atoms with Crippen molar-refractivity contribution in [3.63, 3.8) is 0 Å². The van der Waals surface area contributed by atoms with E-state index >= 15 is 0 Å². The van der Waals surface area contributed by atoms with Crippen LogP contribution in [0, 0.1) is 17.9 Å². The Bertz CT molecular complexity index is 462. The number of hydrogen-bond acceptors (Lipinski definition) is 1. The third kappa shape index (κ3) is 1.22. The highest BCUT2D eigenvalue weighted by molar-refractivity contribution is 5.83. The van der Waals surface area contributed by atoms with Gasteiger partial charge < -0.3 is 5.21 Å². The normalized spacial score (nSPS) is 10.6. The van der Waals surface area contributed by atoms with Crippen LogP contribution < -0.4 is 4.73 Å². The van der Waals surface area contributed by atoms with Gasteiger partial charge in [0.05, 0.1) is 5.39 Å². The first-order chi connectivity index (χ1) is 6.18. The minimum atomic E-state index is -0.318. The molecule has 0 N–H and O–H groups in total. The molecule has 0 atom stereocenters. The summed E-state index contributed by atoms with van der Waals surface area (Å²) < 4.78 is 13.6. The third-order valence-corrected chi connectivity index (χ3v) is 2.13. The molecule has 0 aliphatic carbocycles. The number of aryl methyl sites for hydroxylation is 1. The maximum absolute atomic E-state index is 12.8. The molecule has 0 amide bonds. The molecule has 0 aliphatic heterocycles. The summed E-state index contributed by atoms with van der Waals surface area (Å²) in [6.45, 7) is 1.68. The van der Waals surface area contributed by atoms with Gasteiger partial charge in [-0.15, -0.1) is 0 Å². The fourth-order valence-electron chi connectivity index (χ4n) is 1.37. The Kier molecular flexibility index (Phi) is 1.65. The molecule has 0 saturated carbocycles. The molecular formula is C10H8FNO. The van der Waals surface area contributed by atoms with E-state index in [0.29, 0.717) is 11.1 Å². The highest BCUT2D eigenvalue weighted by Crippen LogP contribution is 2.15. The Hall–Kier alpha value is -1.64. The van der Waals surface area contributed by atoms with Gasteiger partial charge in [-0.3, -0.25) is 0 Å². The molecule has 1 heterocycles. The average molecular weight is 177 g/mol. The van der Waals surface area contributed by atoms with Gasteiger partial charge in [-0.25, -0.2) is 4.39 Å². The largest absolute Gasteiger partial charge is 0.618 e. The molecule has 2 nitrogen and oxygen atoms in total. The number of fused-ring (bicyclic) bond motifs is 1. The molecule has 0 spiro atoms. The molecule has 1 aromatic heterocycles. The fraction of sp³-hybridized carbons (Fsp3) is 0.100. The molecule has 3 heteroatoms. The Morgan fingerprint density at radius 3 is 2.85 bits per heavy atom. The van der Waals surface area contributed by atoms with Gasteiger partial charge in [-0.2, -0.15) is 4.73 Å². The van der Waals surface area contributed by atoms with E-state index in [0.717, 1.165) is 10.1 Å². The third-order valence-electron chi connectivity index (χ3n) is 2.13. The van der Waals surface area contributed by atoms with Crippen molar-refractivity contribution in [3.8, 4) is 0 Å². The lowest BCUT2D eigenvalue weighted by atomic mass is 10.1. The smallest absolute Gasteiger partial charge is 0.197 e. The molecule has 2 rings (SSSR count). The number of benzene rings is 1. The standard InChI is InChI=1S/C10H8FNO/c1-7-10-6-9(11)3-2-8(10)4-5-12(7)13/h2-6H,1H3. The maximum atomic E-state index is 12.8. The van der Waals surface area contributed by atoms with Crippen LogP contribution in [0.15, 0.2) is 30.5 Å². The van der Waals surface area contributed by atoms with Crippen molar-refractivity contribution in [1.29, 1.82) is 0 Å².